The summed E-state index contributed by atoms with van der Waals surface area (Å²) in [6, 6.07) is 7.15. The Labute approximate surface area is 147 Å². The van der Waals surface area contributed by atoms with Gasteiger partial charge in [-0.1, -0.05) is 11.6 Å². The molecule has 1 aromatic carbocycles. The molecule has 0 unspecified atom stereocenters. The largest absolute Gasteiger partial charge is 0.481 e. The highest BCUT2D eigenvalue weighted by Crippen LogP contribution is 2.31. The third kappa shape index (κ3) is 2.95. The number of hydrogen-bond acceptors (Lipinski definition) is 5. The van der Waals surface area contributed by atoms with Gasteiger partial charge in [-0.05, 0) is 43.5 Å². The summed E-state index contributed by atoms with van der Waals surface area (Å²) in [4.78, 5) is 22.1. The molecule has 2 heterocycles. The number of nitrogens with zero attached hydrogens (tertiary/aromatic N) is 2. The average Bonchev–Trinajstić information content (AvgIpc) is 3.16. The fourth-order valence-corrected chi connectivity index (χ4v) is 4.05. The monoisotopic (exact) mass is 359 g/mol. The van der Waals surface area contributed by atoms with E-state index in [-0.39, 0.29) is 12.5 Å². The second-order valence-electron chi connectivity index (χ2n) is 5.52. The van der Waals surface area contributed by atoms with Crippen LogP contribution in [-0.2, 0) is 17.6 Å². The van der Waals surface area contributed by atoms with Crippen molar-refractivity contribution in [2.45, 2.75) is 19.3 Å². The van der Waals surface area contributed by atoms with Crippen molar-refractivity contribution in [3.8, 4) is 5.75 Å². The van der Waals surface area contributed by atoms with Crippen molar-refractivity contribution in [3.05, 3.63) is 46.1 Å². The summed E-state index contributed by atoms with van der Waals surface area (Å²) >= 11 is 7.70. The van der Waals surface area contributed by atoms with Crippen LogP contribution in [0, 0.1) is 0 Å². The maximum Gasteiger partial charge on any atom is 0.264 e. The van der Waals surface area contributed by atoms with Crippen molar-refractivity contribution in [1.29, 1.82) is 0 Å². The Kier molecular flexibility index (Phi) is 4.08. The Balaban J connectivity index is 1.44. The van der Waals surface area contributed by atoms with Gasteiger partial charge in [0.2, 0.25) is 0 Å². The zero-order chi connectivity index (χ0) is 16.5. The lowest BCUT2D eigenvalue weighted by Crippen LogP contribution is -2.20. The fraction of sp³-hybridized carbons (Fsp3) is 0.235. The first-order chi connectivity index (χ1) is 11.7. The molecule has 122 valence electrons. The lowest BCUT2D eigenvalue weighted by molar-refractivity contribution is -0.118. The van der Waals surface area contributed by atoms with Gasteiger partial charge >= 0.3 is 0 Å². The Bertz CT molecular complexity index is 904. The van der Waals surface area contributed by atoms with E-state index in [1.165, 1.54) is 4.88 Å². The van der Waals surface area contributed by atoms with E-state index < -0.39 is 0 Å². The van der Waals surface area contributed by atoms with Gasteiger partial charge < -0.3 is 4.74 Å². The number of amides is 1. The summed E-state index contributed by atoms with van der Waals surface area (Å²) in [5.41, 5.74) is 1.76. The maximum atomic E-state index is 12.1. The molecule has 0 aliphatic heterocycles. The molecule has 0 spiro atoms. The van der Waals surface area contributed by atoms with Gasteiger partial charge in [-0.15, -0.1) is 11.3 Å². The number of hydrogen-bond donors (Lipinski definition) is 1. The molecule has 4 rings (SSSR count). The third-order valence-electron chi connectivity index (χ3n) is 3.88. The number of aromatic nitrogens is 2. The molecule has 0 atom stereocenters. The van der Waals surface area contributed by atoms with Gasteiger partial charge in [0, 0.05) is 16.5 Å². The number of pyridine rings is 1. The number of nitrogens with one attached hydrogen (secondary N) is 1. The zero-order valence-corrected chi connectivity index (χ0v) is 14.3. The summed E-state index contributed by atoms with van der Waals surface area (Å²) in [7, 11) is 0. The molecule has 5 nitrogen and oxygen atoms in total. The molecule has 0 saturated carbocycles. The number of rotatable bonds is 4. The van der Waals surface area contributed by atoms with Crippen molar-refractivity contribution < 1.29 is 9.53 Å². The van der Waals surface area contributed by atoms with Crippen LogP contribution in [-0.4, -0.2) is 22.5 Å². The number of halogens is 1. The first kappa shape index (κ1) is 15.4. The van der Waals surface area contributed by atoms with Crippen molar-refractivity contribution in [2.24, 2.45) is 0 Å². The van der Waals surface area contributed by atoms with Crippen LogP contribution < -0.4 is 10.1 Å². The van der Waals surface area contributed by atoms with E-state index in [0.717, 1.165) is 30.3 Å². The number of aryl methyl sites for hydroxylation is 2. The molecule has 1 aliphatic carbocycles. The number of carbonyl (C=O) groups excluding carboxylic acids is 1. The lowest BCUT2D eigenvalue weighted by atomic mass is 10.2. The van der Waals surface area contributed by atoms with E-state index in [0.29, 0.717) is 21.4 Å². The third-order valence-corrected chi connectivity index (χ3v) is 5.28. The Morgan fingerprint density at radius 3 is 3.12 bits per heavy atom. The highest BCUT2D eigenvalue weighted by molar-refractivity contribution is 7.15. The van der Waals surface area contributed by atoms with E-state index in [1.54, 1.807) is 29.7 Å². The normalized spacial score (nSPS) is 13.0. The standard InChI is InChI=1S/C17H14ClN3O2S/c18-11-6-7-13(16-10(11)3-2-8-19-16)23-9-15(22)21-17-20-12-4-1-5-14(12)24-17/h2-3,6-8H,1,4-5,9H2,(H,20,21,22). The van der Waals surface area contributed by atoms with E-state index >= 15 is 0 Å². The predicted octanol–water partition coefficient (Wildman–Crippen LogP) is 3.85. The van der Waals surface area contributed by atoms with Crippen molar-refractivity contribution in [3.63, 3.8) is 0 Å². The highest BCUT2D eigenvalue weighted by Gasteiger charge is 2.18. The van der Waals surface area contributed by atoms with Crippen LogP contribution in [0.25, 0.3) is 10.9 Å². The quantitative estimate of drug-likeness (QED) is 0.768. The minimum Gasteiger partial charge on any atom is -0.481 e. The van der Waals surface area contributed by atoms with Crippen LogP contribution in [0.5, 0.6) is 5.75 Å². The molecule has 0 bridgehead atoms. The van der Waals surface area contributed by atoms with Crippen LogP contribution in [0.4, 0.5) is 5.13 Å². The van der Waals surface area contributed by atoms with Crippen LogP contribution in [0.1, 0.15) is 17.0 Å². The van der Waals surface area contributed by atoms with Crippen LogP contribution >= 0.6 is 22.9 Å². The van der Waals surface area contributed by atoms with E-state index in [1.807, 2.05) is 12.1 Å². The van der Waals surface area contributed by atoms with Gasteiger partial charge in [-0.2, -0.15) is 0 Å². The first-order valence-corrected chi connectivity index (χ1v) is 8.84. The molecule has 24 heavy (non-hydrogen) atoms. The molecule has 0 saturated heterocycles. The minimum atomic E-state index is -0.235. The number of thiazole rings is 1. The highest BCUT2D eigenvalue weighted by atomic mass is 35.5. The molecule has 1 N–H and O–H groups in total. The number of benzene rings is 1. The summed E-state index contributed by atoms with van der Waals surface area (Å²) in [6.07, 6.45) is 4.88. The molecule has 1 amide bonds. The molecular formula is C17H14ClN3O2S. The van der Waals surface area contributed by atoms with Crippen LogP contribution in [0.3, 0.4) is 0 Å². The second-order valence-corrected chi connectivity index (χ2v) is 7.02. The fourth-order valence-electron chi connectivity index (χ4n) is 2.77. The topological polar surface area (TPSA) is 64.1 Å². The van der Waals surface area contributed by atoms with Crippen molar-refractivity contribution in [1.82, 2.24) is 9.97 Å². The lowest BCUT2D eigenvalue weighted by Gasteiger charge is -2.09. The SMILES string of the molecule is O=C(COc1ccc(Cl)c2cccnc12)Nc1nc2c(s1)CCC2. The smallest absolute Gasteiger partial charge is 0.264 e. The Hall–Kier alpha value is -2.18. The summed E-state index contributed by atoms with van der Waals surface area (Å²) in [5.74, 6) is 0.299. The van der Waals surface area contributed by atoms with E-state index in [2.05, 4.69) is 15.3 Å². The Morgan fingerprint density at radius 2 is 2.25 bits per heavy atom. The summed E-state index contributed by atoms with van der Waals surface area (Å²) in [5, 5.41) is 4.85. The zero-order valence-electron chi connectivity index (χ0n) is 12.7. The number of anilines is 1. The first-order valence-electron chi connectivity index (χ1n) is 7.65. The average molecular weight is 360 g/mol. The molecule has 0 radical (unpaired) electrons. The van der Waals surface area contributed by atoms with Crippen LogP contribution in [0.15, 0.2) is 30.5 Å². The molecular weight excluding hydrogens is 346 g/mol. The molecule has 1 aliphatic rings. The van der Waals surface area contributed by atoms with Crippen LogP contribution in [0.2, 0.25) is 5.02 Å². The van der Waals surface area contributed by atoms with E-state index in [4.69, 9.17) is 16.3 Å². The second kappa shape index (κ2) is 6.37. The van der Waals surface area contributed by atoms with Gasteiger partial charge in [-0.25, -0.2) is 4.98 Å². The molecule has 3 aromatic rings. The Morgan fingerprint density at radius 1 is 1.33 bits per heavy atom. The molecule has 0 fully saturated rings. The van der Waals surface area contributed by atoms with Gasteiger partial charge in [0.15, 0.2) is 11.7 Å². The van der Waals surface area contributed by atoms with Gasteiger partial charge in [-0.3, -0.25) is 15.1 Å². The number of ether oxygens (including phenoxy) is 1. The van der Waals surface area contributed by atoms with Gasteiger partial charge in [0.1, 0.15) is 11.3 Å². The number of carbonyl (C=O) groups is 1. The van der Waals surface area contributed by atoms with Gasteiger partial charge in [0.05, 0.1) is 10.7 Å². The van der Waals surface area contributed by atoms with Gasteiger partial charge in [0.25, 0.3) is 5.91 Å². The minimum absolute atomic E-state index is 0.0996. The number of fused-ring (bicyclic) bond motifs is 2. The van der Waals surface area contributed by atoms with E-state index in [9.17, 15) is 4.79 Å². The van der Waals surface area contributed by atoms with Crippen molar-refractivity contribution in [2.75, 3.05) is 11.9 Å². The molecule has 2 aromatic heterocycles. The summed E-state index contributed by atoms with van der Waals surface area (Å²) in [6.45, 7) is -0.0996. The van der Waals surface area contributed by atoms with Crippen molar-refractivity contribution >= 4 is 44.9 Å². The molecule has 7 heteroatoms. The maximum absolute atomic E-state index is 12.1. The predicted molar refractivity (Wildman–Crippen MR) is 95.0 cm³/mol. The summed E-state index contributed by atoms with van der Waals surface area (Å²) < 4.78 is 5.63.